The Labute approximate surface area is 122 Å². The molecule has 1 aromatic heterocycles. The van der Waals surface area contributed by atoms with E-state index in [1.54, 1.807) is 18.2 Å². The van der Waals surface area contributed by atoms with E-state index in [1.807, 2.05) is 12.1 Å². The van der Waals surface area contributed by atoms with Crippen molar-refractivity contribution in [3.8, 4) is 0 Å². The molecule has 0 atom stereocenters. The molecule has 1 amide bonds. The molecule has 2 aromatic rings. The number of carbonyl (C=O) groups is 1. The molecule has 0 saturated carbocycles. The summed E-state index contributed by atoms with van der Waals surface area (Å²) < 4.78 is 25.5. The first-order chi connectivity index (χ1) is 10.0. The van der Waals surface area contributed by atoms with E-state index in [2.05, 4.69) is 4.98 Å². The second-order valence-electron chi connectivity index (χ2n) is 4.69. The number of hydrogen-bond donors (Lipinski definition) is 1. The maximum atomic E-state index is 12.3. The second-order valence-corrected chi connectivity index (χ2v) is 6.47. The number of carbonyl (C=O) groups excluding carboxylic acids is 1. The van der Waals surface area contributed by atoms with Crippen molar-refractivity contribution in [1.82, 2.24) is 9.29 Å². The molecule has 1 aliphatic rings. The predicted molar refractivity (Wildman–Crippen MR) is 75.6 cm³/mol. The lowest BCUT2D eigenvalue weighted by molar-refractivity contribution is 0.0865. The molecule has 0 radical (unpaired) electrons. The zero-order chi connectivity index (χ0) is 15.0. The molecule has 1 aromatic carbocycles. The SMILES string of the molecule is NCc1ccc(CN2C(=O)c3cccnc3S2(=O)=O)cc1. The third-order valence-electron chi connectivity index (χ3n) is 3.35. The summed E-state index contributed by atoms with van der Waals surface area (Å²) >= 11 is 0. The van der Waals surface area contributed by atoms with E-state index in [0.717, 1.165) is 15.4 Å². The molecule has 1 aliphatic heterocycles. The Balaban J connectivity index is 1.95. The Morgan fingerprint density at radius 2 is 1.76 bits per heavy atom. The van der Waals surface area contributed by atoms with Crippen molar-refractivity contribution in [2.24, 2.45) is 5.73 Å². The monoisotopic (exact) mass is 303 g/mol. The van der Waals surface area contributed by atoms with Crippen molar-refractivity contribution in [1.29, 1.82) is 0 Å². The summed E-state index contributed by atoms with van der Waals surface area (Å²) in [6.07, 6.45) is 1.36. The Bertz CT molecular complexity index is 800. The lowest BCUT2D eigenvalue weighted by atomic mass is 10.1. The van der Waals surface area contributed by atoms with Crippen LogP contribution in [0.15, 0.2) is 47.6 Å². The van der Waals surface area contributed by atoms with Crippen LogP contribution in [-0.4, -0.2) is 23.6 Å². The first-order valence-electron chi connectivity index (χ1n) is 6.34. The van der Waals surface area contributed by atoms with E-state index in [4.69, 9.17) is 5.73 Å². The number of amides is 1. The molecule has 0 bridgehead atoms. The maximum Gasteiger partial charge on any atom is 0.285 e. The first kappa shape index (κ1) is 13.7. The van der Waals surface area contributed by atoms with Gasteiger partial charge in [0.05, 0.1) is 12.1 Å². The van der Waals surface area contributed by atoms with Gasteiger partial charge in [0.2, 0.25) is 0 Å². The van der Waals surface area contributed by atoms with Crippen LogP contribution in [0.3, 0.4) is 0 Å². The number of hydrogen-bond acceptors (Lipinski definition) is 5. The number of nitrogens with two attached hydrogens (primary N) is 1. The molecule has 0 unspecified atom stereocenters. The van der Waals surface area contributed by atoms with E-state index in [9.17, 15) is 13.2 Å². The highest BCUT2D eigenvalue weighted by Crippen LogP contribution is 2.29. The summed E-state index contributed by atoms with van der Waals surface area (Å²) in [5.74, 6) is -0.541. The lowest BCUT2D eigenvalue weighted by Gasteiger charge is -2.14. The third kappa shape index (κ3) is 2.20. The zero-order valence-corrected chi connectivity index (χ0v) is 11.9. The quantitative estimate of drug-likeness (QED) is 0.908. The van der Waals surface area contributed by atoms with Gasteiger partial charge in [0.1, 0.15) is 0 Å². The second kappa shape index (κ2) is 4.94. The van der Waals surface area contributed by atoms with Gasteiger partial charge in [0.15, 0.2) is 5.03 Å². The largest absolute Gasteiger partial charge is 0.326 e. The van der Waals surface area contributed by atoms with Gasteiger partial charge in [-0.1, -0.05) is 24.3 Å². The lowest BCUT2D eigenvalue weighted by Crippen LogP contribution is -2.29. The van der Waals surface area contributed by atoms with Crippen LogP contribution in [0.5, 0.6) is 0 Å². The smallest absolute Gasteiger partial charge is 0.285 e. The highest BCUT2D eigenvalue weighted by molar-refractivity contribution is 7.90. The summed E-state index contributed by atoms with van der Waals surface area (Å²) in [6, 6.07) is 10.2. The van der Waals surface area contributed by atoms with Crippen LogP contribution in [0.1, 0.15) is 21.5 Å². The Morgan fingerprint density at radius 3 is 2.38 bits per heavy atom. The molecule has 2 heterocycles. The summed E-state index contributed by atoms with van der Waals surface area (Å²) in [4.78, 5) is 16.0. The Morgan fingerprint density at radius 1 is 1.10 bits per heavy atom. The van der Waals surface area contributed by atoms with Crippen LogP contribution in [0.25, 0.3) is 0 Å². The van der Waals surface area contributed by atoms with Gasteiger partial charge < -0.3 is 5.73 Å². The van der Waals surface area contributed by atoms with Crippen molar-refractivity contribution in [3.05, 3.63) is 59.3 Å². The van der Waals surface area contributed by atoms with Crippen LogP contribution in [0.4, 0.5) is 0 Å². The van der Waals surface area contributed by atoms with Crippen LogP contribution in [-0.2, 0) is 23.1 Å². The third-order valence-corrected chi connectivity index (χ3v) is 5.04. The van der Waals surface area contributed by atoms with E-state index in [-0.39, 0.29) is 17.1 Å². The van der Waals surface area contributed by atoms with Crippen LogP contribution >= 0.6 is 0 Å². The Kier molecular flexibility index (Phi) is 3.23. The number of rotatable bonds is 3. The summed E-state index contributed by atoms with van der Waals surface area (Å²) in [5, 5.41) is -0.173. The fourth-order valence-corrected chi connectivity index (χ4v) is 3.68. The first-order valence-corrected chi connectivity index (χ1v) is 7.78. The Hall–Kier alpha value is -2.25. The minimum absolute atomic E-state index is 0.0115. The number of pyridine rings is 1. The summed E-state index contributed by atoms with van der Waals surface area (Å²) in [6.45, 7) is 0.402. The van der Waals surface area contributed by atoms with Gasteiger partial charge in [0, 0.05) is 12.7 Å². The minimum Gasteiger partial charge on any atom is -0.326 e. The average Bonchev–Trinajstić information content (AvgIpc) is 2.70. The van der Waals surface area contributed by atoms with E-state index < -0.39 is 15.9 Å². The highest BCUT2D eigenvalue weighted by Gasteiger charge is 2.42. The van der Waals surface area contributed by atoms with Crippen molar-refractivity contribution < 1.29 is 13.2 Å². The van der Waals surface area contributed by atoms with Crippen molar-refractivity contribution in [2.75, 3.05) is 0 Å². The molecular weight excluding hydrogens is 290 g/mol. The van der Waals surface area contributed by atoms with E-state index >= 15 is 0 Å². The van der Waals surface area contributed by atoms with Gasteiger partial charge in [-0.15, -0.1) is 0 Å². The van der Waals surface area contributed by atoms with Gasteiger partial charge in [0.25, 0.3) is 15.9 Å². The molecule has 108 valence electrons. The predicted octanol–water partition coefficient (Wildman–Crippen LogP) is 0.885. The number of nitrogens with zero attached hydrogens (tertiary/aromatic N) is 2. The molecular formula is C14H13N3O3S. The number of sulfonamides is 1. The normalized spacial score (nSPS) is 16.0. The van der Waals surface area contributed by atoms with Crippen LogP contribution in [0, 0.1) is 0 Å². The topological polar surface area (TPSA) is 93.4 Å². The highest BCUT2D eigenvalue weighted by atomic mass is 32.2. The van der Waals surface area contributed by atoms with Crippen LogP contribution < -0.4 is 5.73 Å². The van der Waals surface area contributed by atoms with Gasteiger partial charge in [-0.05, 0) is 23.3 Å². The molecule has 0 fully saturated rings. The van der Waals surface area contributed by atoms with E-state index in [0.29, 0.717) is 6.54 Å². The van der Waals surface area contributed by atoms with Crippen LogP contribution in [0.2, 0.25) is 0 Å². The molecule has 2 N–H and O–H groups in total. The average molecular weight is 303 g/mol. The summed E-state index contributed by atoms with van der Waals surface area (Å²) in [7, 11) is -3.86. The zero-order valence-electron chi connectivity index (χ0n) is 11.1. The molecule has 3 rings (SSSR count). The van der Waals surface area contributed by atoms with Gasteiger partial charge in [-0.25, -0.2) is 9.29 Å². The number of fused-ring (bicyclic) bond motifs is 1. The fraction of sp³-hybridized carbons (Fsp3) is 0.143. The van der Waals surface area contributed by atoms with Gasteiger partial charge >= 0.3 is 0 Å². The van der Waals surface area contributed by atoms with Gasteiger partial charge in [-0.2, -0.15) is 8.42 Å². The fourth-order valence-electron chi connectivity index (χ4n) is 2.21. The number of aromatic nitrogens is 1. The molecule has 7 heteroatoms. The number of benzene rings is 1. The van der Waals surface area contributed by atoms with E-state index in [1.165, 1.54) is 12.3 Å². The standard InChI is InChI=1S/C14H13N3O3S/c15-8-10-3-5-11(6-4-10)9-17-14(18)12-2-1-7-16-13(12)21(17,19)20/h1-7H,8-9,15H2. The van der Waals surface area contributed by atoms with Gasteiger partial charge in [-0.3, -0.25) is 4.79 Å². The molecule has 21 heavy (non-hydrogen) atoms. The molecule has 0 aliphatic carbocycles. The molecule has 0 saturated heterocycles. The van der Waals surface area contributed by atoms with Crippen molar-refractivity contribution in [2.45, 2.75) is 18.1 Å². The maximum absolute atomic E-state index is 12.3. The summed E-state index contributed by atoms with van der Waals surface area (Å²) in [5.41, 5.74) is 7.30. The molecule has 0 spiro atoms. The van der Waals surface area contributed by atoms with Crippen molar-refractivity contribution >= 4 is 15.9 Å². The van der Waals surface area contributed by atoms with Crippen molar-refractivity contribution in [3.63, 3.8) is 0 Å². The minimum atomic E-state index is -3.86. The molecule has 6 nitrogen and oxygen atoms in total.